The first kappa shape index (κ1) is 11.6. The van der Waals surface area contributed by atoms with Crippen molar-refractivity contribution in [3.63, 3.8) is 0 Å². The van der Waals surface area contributed by atoms with Crippen LogP contribution >= 0.6 is 23.5 Å². The van der Waals surface area contributed by atoms with Crippen molar-refractivity contribution >= 4 is 29.5 Å². The third kappa shape index (κ3) is 2.12. The second-order valence-corrected chi connectivity index (χ2v) is 6.00. The lowest BCUT2D eigenvalue weighted by Gasteiger charge is -2.12. The van der Waals surface area contributed by atoms with Crippen molar-refractivity contribution in [2.75, 3.05) is 11.5 Å². The Bertz CT molecular complexity index is 430. The molecule has 0 radical (unpaired) electrons. The number of benzene rings is 1. The molecule has 1 aliphatic heterocycles. The molecule has 16 heavy (non-hydrogen) atoms. The van der Waals surface area contributed by atoms with Gasteiger partial charge in [0.05, 0.1) is 10.1 Å². The highest BCUT2D eigenvalue weighted by molar-refractivity contribution is 8.19. The highest BCUT2D eigenvalue weighted by Gasteiger charge is 2.24. The summed E-state index contributed by atoms with van der Waals surface area (Å²) in [5.41, 5.74) is 0.239. The fraction of sp³-hybridized carbons (Fsp3) is 0.300. The van der Waals surface area contributed by atoms with E-state index < -0.39 is 17.5 Å². The molecule has 0 saturated carbocycles. The zero-order valence-electron chi connectivity index (χ0n) is 8.14. The van der Waals surface area contributed by atoms with Crippen LogP contribution in [0.15, 0.2) is 12.1 Å². The molecule has 2 rings (SSSR count). The van der Waals surface area contributed by atoms with Gasteiger partial charge in [-0.3, -0.25) is 0 Å². The van der Waals surface area contributed by atoms with Crippen LogP contribution in [0, 0.1) is 5.82 Å². The molecule has 2 N–H and O–H groups in total. The fourth-order valence-corrected chi connectivity index (χ4v) is 4.34. The molecule has 1 heterocycles. The first-order chi connectivity index (χ1) is 7.59. The van der Waals surface area contributed by atoms with Gasteiger partial charge in [0.2, 0.25) is 0 Å². The molecule has 0 aromatic heterocycles. The zero-order chi connectivity index (χ0) is 11.7. The quantitative estimate of drug-likeness (QED) is 0.856. The Morgan fingerprint density at radius 3 is 2.56 bits per heavy atom. The number of aromatic carboxylic acids is 1. The molecular weight excluding hydrogens is 251 g/mol. The fourth-order valence-electron chi connectivity index (χ4n) is 1.46. The van der Waals surface area contributed by atoms with E-state index in [-0.39, 0.29) is 10.1 Å². The standard InChI is InChI=1S/C10H9FO3S2/c11-7-4-5(9(13)14)3-6(8(7)12)10-15-1-2-16-10/h3-4,10,12H,1-2H2,(H,13,14). The maximum atomic E-state index is 13.3. The van der Waals surface area contributed by atoms with Gasteiger partial charge >= 0.3 is 5.97 Å². The number of thioether (sulfide) groups is 2. The molecule has 1 saturated heterocycles. The minimum atomic E-state index is -1.19. The molecule has 1 fully saturated rings. The number of halogens is 1. The minimum Gasteiger partial charge on any atom is -0.505 e. The van der Waals surface area contributed by atoms with Gasteiger partial charge in [0.1, 0.15) is 0 Å². The monoisotopic (exact) mass is 260 g/mol. The molecule has 6 heteroatoms. The number of phenolic OH excluding ortho intramolecular Hbond substituents is 1. The molecule has 0 amide bonds. The van der Waals surface area contributed by atoms with Crippen LogP contribution in [0.25, 0.3) is 0 Å². The van der Waals surface area contributed by atoms with E-state index >= 15 is 0 Å². The lowest BCUT2D eigenvalue weighted by atomic mass is 10.1. The number of hydrogen-bond acceptors (Lipinski definition) is 4. The summed E-state index contributed by atoms with van der Waals surface area (Å²) in [6.07, 6.45) is 0. The van der Waals surface area contributed by atoms with Gasteiger partial charge < -0.3 is 10.2 Å². The van der Waals surface area contributed by atoms with E-state index in [0.29, 0.717) is 5.56 Å². The average molecular weight is 260 g/mol. The molecule has 0 atom stereocenters. The topological polar surface area (TPSA) is 57.5 Å². The van der Waals surface area contributed by atoms with Gasteiger partial charge in [0.25, 0.3) is 0 Å². The summed E-state index contributed by atoms with van der Waals surface area (Å²) in [4.78, 5) is 10.8. The number of aromatic hydroxyl groups is 1. The number of hydrogen-bond donors (Lipinski definition) is 2. The second kappa shape index (κ2) is 4.55. The molecule has 1 aromatic rings. The number of rotatable bonds is 2. The third-order valence-corrected chi connectivity index (χ3v) is 5.28. The molecule has 0 aliphatic carbocycles. The van der Waals surface area contributed by atoms with E-state index in [9.17, 15) is 14.3 Å². The lowest BCUT2D eigenvalue weighted by Crippen LogP contribution is -2.00. The summed E-state index contributed by atoms with van der Waals surface area (Å²) in [5.74, 6) is -0.644. The summed E-state index contributed by atoms with van der Waals surface area (Å²) in [5, 5.41) is 18.4. The van der Waals surface area contributed by atoms with Crippen LogP contribution < -0.4 is 0 Å². The first-order valence-electron chi connectivity index (χ1n) is 4.58. The summed E-state index contributed by atoms with van der Waals surface area (Å²) in [6, 6.07) is 2.18. The van der Waals surface area contributed by atoms with Gasteiger partial charge in [-0.05, 0) is 12.1 Å². The Morgan fingerprint density at radius 1 is 1.38 bits per heavy atom. The molecule has 1 aromatic carbocycles. The van der Waals surface area contributed by atoms with Crippen LogP contribution in [0.2, 0.25) is 0 Å². The van der Waals surface area contributed by atoms with Gasteiger partial charge in [-0.25, -0.2) is 9.18 Å². The van der Waals surface area contributed by atoms with Crippen LogP contribution in [0.4, 0.5) is 4.39 Å². The summed E-state index contributed by atoms with van der Waals surface area (Å²) in [6.45, 7) is 0. The van der Waals surface area contributed by atoms with Crippen molar-refractivity contribution in [3.05, 3.63) is 29.1 Å². The van der Waals surface area contributed by atoms with Gasteiger partial charge in [-0.15, -0.1) is 23.5 Å². The molecule has 86 valence electrons. The maximum absolute atomic E-state index is 13.3. The second-order valence-electron chi connectivity index (χ2n) is 3.27. The van der Waals surface area contributed by atoms with Crippen molar-refractivity contribution in [1.82, 2.24) is 0 Å². The van der Waals surface area contributed by atoms with Crippen molar-refractivity contribution in [1.29, 1.82) is 0 Å². The van der Waals surface area contributed by atoms with Crippen LogP contribution in [0.5, 0.6) is 5.75 Å². The molecule has 0 spiro atoms. The zero-order valence-corrected chi connectivity index (χ0v) is 9.78. The number of carboxylic acid groups (broad SMARTS) is 1. The molecule has 0 bridgehead atoms. The molecule has 0 unspecified atom stereocenters. The van der Waals surface area contributed by atoms with Crippen LogP contribution in [-0.4, -0.2) is 27.7 Å². The van der Waals surface area contributed by atoms with Crippen LogP contribution in [-0.2, 0) is 0 Å². The maximum Gasteiger partial charge on any atom is 0.335 e. The number of carbonyl (C=O) groups is 1. The molecule has 3 nitrogen and oxygen atoms in total. The van der Waals surface area contributed by atoms with E-state index in [2.05, 4.69) is 0 Å². The number of carboxylic acids is 1. The summed E-state index contributed by atoms with van der Waals surface area (Å²) in [7, 11) is 0. The Balaban J connectivity index is 2.45. The number of phenols is 1. The molecular formula is C10H9FO3S2. The SMILES string of the molecule is O=C(O)c1cc(F)c(O)c(C2SCCS2)c1. The third-order valence-electron chi connectivity index (χ3n) is 2.22. The highest BCUT2D eigenvalue weighted by Crippen LogP contribution is 2.48. The van der Waals surface area contributed by atoms with E-state index in [1.54, 1.807) is 23.5 Å². The van der Waals surface area contributed by atoms with Gasteiger partial charge in [-0.2, -0.15) is 0 Å². The predicted octanol–water partition coefficient (Wildman–Crippen LogP) is 2.71. The highest BCUT2D eigenvalue weighted by atomic mass is 32.2. The van der Waals surface area contributed by atoms with Crippen molar-refractivity contribution < 1.29 is 19.4 Å². The van der Waals surface area contributed by atoms with Crippen molar-refractivity contribution in [2.45, 2.75) is 4.58 Å². The van der Waals surface area contributed by atoms with Crippen molar-refractivity contribution in [2.24, 2.45) is 0 Å². The van der Waals surface area contributed by atoms with E-state index in [1.807, 2.05) is 0 Å². The Labute approximate surface area is 100 Å². The van der Waals surface area contributed by atoms with E-state index in [1.165, 1.54) is 6.07 Å². The Morgan fingerprint density at radius 2 is 2.00 bits per heavy atom. The lowest BCUT2D eigenvalue weighted by molar-refractivity contribution is 0.0696. The predicted molar refractivity (Wildman–Crippen MR) is 62.7 cm³/mol. The Kier molecular flexibility index (Phi) is 3.30. The van der Waals surface area contributed by atoms with E-state index in [4.69, 9.17) is 5.11 Å². The summed E-state index contributed by atoms with van der Waals surface area (Å²) < 4.78 is 13.2. The van der Waals surface area contributed by atoms with E-state index in [0.717, 1.165) is 17.6 Å². The normalized spacial score (nSPS) is 16.6. The largest absolute Gasteiger partial charge is 0.505 e. The minimum absolute atomic E-state index is 0.0752. The van der Waals surface area contributed by atoms with Crippen LogP contribution in [0.3, 0.4) is 0 Å². The summed E-state index contributed by atoms with van der Waals surface area (Å²) >= 11 is 3.16. The van der Waals surface area contributed by atoms with Gasteiger partial charge in [0.15, 0.2) is 11.6 Å². The molecule has 1 aliphatic rings. The van der Waals surface area contributed by atoms with Gasteiger partial charge in [0, 0.05) is 17.1 Å². The smallest absolute Gasteiger partial charge is 0.335 e. The first-order valence-corrected chi connectivity index (χ1v) is 6.68. The van der Waals surface area contributed by atoms with Crippen LogP contribution in [0.1, 0.15) is 20.5 Å². The average Bonchev–Trinajstić information content (AvgIpc) is 2.74. The van der Waals surface area contributed by atoms with Crippen molar-refractivity contribution in [3.8, 4) is 5.75 Å². The Hall–Kier alpha value is -0.880. The van der Waals surface area contributed by atoms with Gasteiger partial charge in [-0.1, -0.05) is 0 Å².